The molecule has 1 heterocycles. The minimum absolute atomic E-state index is 0.0400. The summed E-state index contributed by atoms with van der Waals surface area (Å²) in [4.78, 5) is 89.5. The zero-order valence-corrected chi connectivity index (χ0v) is 33.9. The van der Waals surface area contributed by atoms with E-state index >= 15 is 0 Å². The lowest BCUT2D eigenvalue weighted by Crippen LogP contribution is -2.37. The number of aromatic nitrogens is 3. The van der Waals surface area contributed by atoms with Crippen molar-refractivity contribution in [2.75, 3.05) is 67.9 Å². The highest BCUT2D eigenvalue weighted by Crippen LogP contribution is 2.22. The second-order valence-corrected chi connectivity index (χ2v) is 12.5. The van der Waals surface area contributed by atoms with Crippen molar-refractivity contribution >= 4 is 53.7 Å². The third-order valence-corrected chi connectivity index (χ3v) is 8.03. The third-order valence-electron chi connectivity index (χ3n) is 8.03. The highest BCUT2D eigenvalue weighted by atomic mass is 16.6. The molecule has 0 aromatic carbocycles. The van der Waals surface area contributed by atoms with E-state index in [0.29, 0.717) is 52.0 Å². The van der Waals surface area contributed by atoms with E-state index in [1.807, 2.05) is 0 Å². The minimum Gasteiger partial charge on any atom is -0.463 e. The molecular weight excluding hydrogens is 768 g/mol. The molecule has 0 unspecified atom stereocenters. The summed E-state index contributed by atoms with van der Waals surface area (Å²) in [6.45, 7) is 20.3. The van der Waals surface area contributed by atoms with Crippen molar-refractivity contribution in [2.45, 2.75) is 77.0 Å². The summed E-state index contributed by atoms with van der Waals surface area (Å²) in [5.74, 6) is -3.86. The van der Waals surface area contributed by atoms with Gasteiger partial charge < -0.3 is 38.2 Å². The molecule has 0 atom stereocenters. The smallest absolute Gasteiger partial charge is 0.331 e. The number of anilines is 3. The molecule has 0 N–H and O–H groups in total. The number of esters is 6. The van der Waals surface area contributed by atoms with Gasteiger partial charge in [-0.1, -0.05) is 90.8 Å². The first-order chi connectivity index (χ1) is 28.5. The van der Waals surface area contributed by atoms with Crippen LogP contribution in [0.15, 0.2) is 75.9 Å². The van der Waals surface area contributed by atoms with Crippen LogP contribution < -0.4 is 14.7 Å². The lowest BCUT2D eigenvalue weighted by Gasteiger charge is -2.28. The van der Waals surface area contributed by atoms with Crippen molar-refractivity contribution in [3.63, 3.8) is 0 Å². The van der Waals surface area contributed by atoms with E-state index in [9.17, 15) is 28.8 Å². The quantitative estimate of drug-likeness (QED) is 0.0284. The molecule has 0 saturated heterocycles. The number of hydrogen-bond acceptors (Lipinski definition) is 18. The molecule has 0 aliphatic carbocycles. The number of carbonyl (C=O) groups excluding carboxylic acids is 6. The number of carbonyl (C=O) groups is 6. The summed E-state index contributed by atoms with van der Waals surface area (Å²) in [6, 6.07) is 0. The van der Waals surface area contributed by atoms with E-state index in [0.717, 1.165) is 87.8 Å². The number of rotatable bonds is 35. The Bertz CT molecular complexity index is 1460. The van der Waals surface area contributed by atoms with Gasteiger partial charge in [0.1, 0.15) is 0 Å². The van der Waals surface area contributed by atoms with Gasteiger partial charge in [0.25, 0.3) is 0 Å². The van der Waals surface area contributed by atoms with Crippen molar-refractivity contribution in [1.29, 1.82) is 0 Å². The fourth-order valence-corrected chi connectivity index (χ4v) is 4.85. The van der Waals surface area contributed by atoms with Gasteiger partial charge in [0.05, 0.1) is 13.2 Å². The molecule has 18 heteroatoms. The molecule has 0 fully saturated rings. The molecule has 0 bridgehead atoms. The van der Waals surface area contributed by atoms with Gasteiger partial charge in [-0.3, -0.25) is 4.90 Å². The van der Waals surface area contributed by atoms with Gasteiger partial charge in [0, 0.05) is 49.5 Å². The van der Waals surface area contributed by atoms with Crippen molar-refractivity contribution < 1.29 is 57.2 Å². The van der Waals surface area contributed by atoms with Gasteiger partial charge >= 0.3 is 35.8 Å². The molecule has 0 radical (unpaired) electrons. The van der Waals surface area contributed by atoms with Gasteiger partial charge in [0.15, 0.2) is 26.9 Å². The Morgan fingerprint density at radius 1 is 0.356 bits per heavy atom. The second kappa shape index (κ2) is 31.7. The largest absolute Gasteiger partial charge is 0.463 e. The molecule has 0 saturated carbocycles. The average molecular weight is 827 g/mol. The number of ether oxygens (including phenoxy) is 6. The van der Waals surface area contributed by atoms with Crippen molar-refractivity contribution in [3.05, 3.63) is 75.9 Å². The van der Waals surface area contributed by atoms with Crippen LogP contribution in [0.5, 0.6) is 0 Å². The van der Waals surface area contributed by atoms with Gasteiger partial charge in [-0.2, -0.15) is 15.0 Å². The molecule has 1 aromatic heterocycles. The van der Waals surface area contributed by atoms with Gasteiger partial charge in [-0.05, 0) is 25.7 Å². The first-order valence-electron chi connectivity index (χ1n) is 19.3. The first kappa shape index (κ1) is 50.7. The maximum atomic E-state index is 12.2. The van der Waals surface area contributed by atoms with Crippen LogP contribution in [0, 0.1) is 0 Å². The van der Waals surface area contributed by atoms with Crippen molar-refractivity contribution in [1.82, 2.24) is 15.0 Å². The molecule has 0 aliphatic heterocycles. The molecule has 0 amide bonds. The molecule has 1 rings (SSSR count). The number of nitrogens with zero attached hydrogens (tertiary/aromatic N) is 6. The summed E-state index contributed by atoms with van der Waals surface area (Å²) in [5, 5.41) is 0. The second-order valence-electron chi connectivity index (χ2n) is 12.5. The van der Waals surface area contributed by atoms with E-state index in [-0.39, 0.29) is 31.3 Å². The Hall–Kier alpha value is -6.33. The Kier molecular flexibility index (Phi) is 27.3. The lowest BCUT2D eigenvalue weighted by molar-refractivity contribution is -0.141. The Morgan fingerprint density at radius 2 is 0.593 bits per heavy atom. The third kappa shape index (κ3) is 23.5. The van der Waals surface area contributed by atoms with Crippen LogP contribution >= 0.6 is 0 Å². The maximum Gasteiger partial charge on any atom is 0.331 e. The van der Waals surface area contributed by atoms with Crippen LogP contribution in [0.25, 0.3) is 0 Å². The van der Waals surface area contributed by atoms with Crippen LogP contribution in [0.3, 0.4) is 0 Å². The Morgan fingerprint density at radius 3 is 0.898 bits per heavy atom. The van der Waals surface area contributed by atoms with Crippen LogP contribution in [-0.2, 0) is 57.2 Å². The van der Waals surface area contributed by atoms with Crippen LogP contribution in [0.2, 0.25) is 0 Å². The number of hydrogen-bond donors (Lipinski definition) is 0. The van der Waals surface area contributed by atoms with Crippen LogP contribution in [0.1, 0.15) is 77.0 Å². The van der Waals surface area contributed by atoms with Gasteiger partial charge in [0.2, 0.25) is 17.8 Å². The zero-order valence-electron chi connectivity index (χ0n) is 33.9. The Balaban J connectivity index is 3.46. The van der Waals surface area contributed by atoms with E-state index < -0.39 is 49.3 Å². The maximum absolute atomic E-state index is 12.2. The first-order valence-corrected chi connectivity index (χ1v) is 19.3. The highest BCUT2D eigenvalue weighted by molar-refractivity contribution is 5.83. The fourth-order valence-electron chi connectivity index (χ4n) is 4.85. The van der Waals surface area contributed by atoms with Gasteiger partial charge in [-0.25, -0.2) is 28.8 Å². The van der Waals surface area contributed by atoms with Crippen LogP contribution in [-0.4, -0.2) is 104 Å². The zero-order chi connectivity index (χ0) is 43.7. The number of unbranched alkanes of at least 4 members (excludes halogenated alkanes) is 10. The van der Waals surface area contributed by atoms with E-state index in [2.05, 4.69) is 49.4 Å². The molecule has 18 nitrogen and oxygen atoms in total. The standard InChI is InChI=1S/C41H58N6O12/c1-7-33(48)54-27-23-19-15-13-17-21-25-45(29-56-35(50)9-3)39-42-40(44-41(43-39)47(31-58-37(52)11-5)32-59-38(53)12-6)46(30-57-36(51)10-4)26-22-18-14-16-20-24-28-55-34(49)8-2/h7-12H,1-6,13-32H2. The summed E-state index contributed by atoms with van der Waals surface area (Å²) in [7, 11) is 0. The van der Waals surface area contributed by atoms with E-state index in [4.69, 9.17) is 33.4 Å². The van der Waals surface area contributed by atoms with Crippen LogP contribution in [0.4, 0.5) is 17.8 Å². The summed E-state index contributed by atoms with van der Waals surface area (Å²) >= 11 is 0. The molecule has 59 heavy (non-hydrogen) atoms. The van der Waals surface area contributed by atoms with Gasteiger partial charge in [-0.15, -0.1) is 0 Å². The molecule has 0 aliphatic rings. The molecule has 1 aromatic rings. The van der Waals surface area contributed by atoms with Crippen molar-refractivity contribution in [2.24, 2.45) is 0 Å². The Labute approximate surface area is 346 Å². The topological polar surface area (TPSA) is 206 Å². The van der Waals surface area contributed by atoms with Crippen molar-refractivity contribution in [3.8, 4) is 0 Å². The summed E-state index contributed by atoms with van der Waals surface area (Å²) < 4.78 is 31.4. The monoisotopic (exact) mass is 826 g/mol. The van der Waals surface area contributed by atoms with E-state index in [1.54, 1.807) is 9.80 Å². The predicted octanol–water partition coefficient (Wildman–Crippen LogP) is 5.18. The molecule has 324 valence electrons. The lowest BCUT2D eigenvalue weighted by atomic mass is 10.1. The predicted molar refractivity (Wildman–Crippen MR) is 219 cm³/mol. The molecule has 0 spiro atoms. The molecular formula is C41H58N6O12. The summed E-state index contributed by atoms with van der Waals surface area (Å²) in [5.41, 5.74) is 0. The van der Waals surface area contributed by atoms with E-state index in [1.165, 1.54) is 4.90 Å². The fraction of sp³-hybridized carbons (Fsp3) is 0.488. The summed E-state index contributed by atoms with van der Waals surface area (Å²) in [6.07, 6.45) is 15.7. The highest BCUT2D eigenvalue weighted by Gasteiger charge is 2.23. The normalized spacial score (nSPS) is 10.2. The SMILES string of the molecule is C=CC(=O)OCCCCCCCCN(COC(=O)C=C)c1nc(N(CCCCCCCCOC(=O)C=C)COC(=O)C=C)nc(N(COC(=O)C=C)COC(=O)C=C)n1. The minimum atomic E-state index is -0.772. The average Bonchev–Trinajstić information content (AvgIpc) is 3.25.